The predicted molar refractivity (Wildman–Crippen MR) is 140 cm³/mol. The molecular weight excluding hydrogens is 487 g/mol. The molecule has 11 heteroatoms. The molecule has 3 N–H and O–H groups in total. The van der Waals surface area contributed by atoms with Gasteiger partial charge in [0.2, 0.25) is 11.8 Å². The summed E-state index contributed by atoms with van der Waals surface area (Å²) in [4.78, 5) is 31.1. The van der Waals surface area contributed by atoms with E-state index in [1.807, 2.05) is 6.07 Å². The second kappa shape index (κ2) is 9.94. The number of nitrogen functional groups attached to an aromatic ring is 1. The predicted octanol–water partition coefficient (Wildman–Crippen LogP) is 4.01. The number of halogens is 1. The molecule has 0 aliphatic heterocycles. The SMILES string of the molecule is COc1cc(-c2cccc3nc([C@@H](C)Nc4nc(N)ncc4C#N)n(-c4cccc(F)c4)c(=O)c23)ccn1. The topological polar surface area (TPSA) is 145 Å². The molecule has 0 aliphatic carbocycles. The van der Waals surface area contributed by atoms with Crippen LogP contribution in [-0.4, -0.2) is 31.6 Å². The zero-order chi connectivity index (χ0) is 26.8. The van der Waals surface area contributed by atoms with Crippen LogP contribution in [0.15, 0.2) is 71.8 Å². The average Bonchev–Trinajstić information content (AvgIpc) is 2.92. The molecule has 10 nitrogen and oxygen atoms in total. The Kier molecular flexibility index (Phi) is 6.37. The van der Waals surface area contributed by atoms with Crippen molar-refractivity contribution in [1.29, 1.82) is 5.26 Å². The van der Waals surface area contributed by atoms with Gasteiger partial charge in [0, 0.05) is 12.3 Å². The molecule has 3 heterocycles. The van der Waals surface area contributed by atoms with Crippen molar-refractivity contribution in [2.75, 3.05) is 18.2 Å². The number of ether oxygens (including phenoxy) is 1. The van der Waals surface area contributed by atoms with E-state index in [-0.39, 0.29) is 28.8 Å². The van der Waals surface area contributed by atoms with Crippen LogP contribution >= 0.6 is 0 Å². The molecule has 0 bridgehead atoms. The van der Waals surface area contributed by atoms with Crippen LogP contribution in [0, 0.1) is 17.1 Å². The number of methoxy groups -OCH3 is 1. The summed E-state index contributed by atoms with van der Waals surface area (Å²) in [5, 5.41) is 12.9. The molecule has 2 aromatic carbocycles. The van der Waals surface area contributed by atoms with Crippen molar-refractivity contribution in [3.63, 3.8) is 0 Å². The fourth-order valence-corrected chi connectivity index (χ4v) is 4.19. The average molecular weight is 509 g/mol. The Morgan fingerprint density at radius 2 is 1.95 bits per heavy atom. The lowest BCUT2D eigenvalue weighted by atomic mass is 10.0. The molecule has 0 spiro atoms. The Labute approximate surface area is 216 Å². The largest absolute Gasteiger partial charge is 0.481 e. The third-order valence-electron chi connectivity index (χ3n) is 5.91. The van der Waals surface area contributed by atoms with Gasteiger partial charge in [-0.1, -0.05) is 18.2 Å². The number of hydrogen-bond donors (Lipinski definition) is 2. The van der Waals surface area contributed by atoms with Crippen molar-refractivity contribution in [3.05, 3.63) is 94.5 Å². The lowest BCUT2D eigenvalue weighted by Gasteiger charge is -2.21. The van der Waals surface area contributed by atoms with Gasteiger partial charge in [-0.25, -0.2) is 19.3 Å². The van der Waals surface area contributed by atoms with Crippen LogP contribution in [0.25, 0.3) is 27.7 Å². The number of anilines is 2. The minimum Gasteiger partial charge on any atom is -0.481 e. The summed E-state index contributed by atoms with van der Waals surface area (Å²) in [5.41, 5.74) is 7.54. The van der Waals surface area contributed by atoms with E-state index in [1.165, 1.54) is 36.1 Å². The molecule has 0 fully saturated rings. The zero-order valence-corrected chi connectivity index (χ0v) is 20.4. The first-order valence-electron chi connectivity index (χ1n) is 11.5. The van der Waals surface area contributed by atoms with Crippen LogP contribution in [0.5, 0.6) is 5.88 Å². The highest BCUT2D eigenvalue weighted by Gasteiger charge is 2.22. The summed E-state index contributed by atoms with van der Waals surface area (Å²) in [7, 11) is 1.51. The lowest BCUT2D eigenvalue weighted by molar-refractivity contribution is 0.398. The van der Waals surface area contributed by atoms with Gasteiger partial charge in [-0.2, -0.15) is 10.2 Å². The van der Waals surface area contributed by atoms with Gasteiger partial charge in [0.15, 0.2) is 0 Å². The van der Waals surface area contributed by atoms with E-state index in [9.17, 15) is 14.4 Å². The fourth-order valence-electron chi connectivity index (χ4n) is 4.19. The molecule has 0 radical (unpaired) electrons. The van der Waals surface area contributed by atoms with Crippen LogP contribution in [-0.2, 0) is 0 Å². The minimum absolute atomic E-state index is 0.0230. The molecule has 0 aliphatic rings. The molecular formula is C27H21FN8O2. The van der Waals surface area contributed by atoms with Crippen molar-refractivity contribution >= 4 is 22.7 Å². The van der Waals surface area contributed by atoms with Crippen LogP contribution < -0.4 is 21.3 Å². The van der Waals surface area contributed by atoms with E-state index in [4.69, 9.17) is 15.5 Å². The monoisotopic (exact) mass is 508 g/mol. The van der Waals surface area contributed by atoms with Crippen LogP contribution in [0.2, 0.25) is 0 Å². The van der Waals surface area contributed by atoms with Gasteiger partial charge >= 0.3 is 0 Å². The van der Waals surface area contributed by atoms with E-state index in [1.54, 1.807) is 49.5 Å². The minimum atomic E-state index is -0.651. The third kappa shape index (κ3) is 4.46. The number of nitrogens with zero attached hydrogens (tertiary/aromatic N) is 6. The molecule has 3 aromatic heterocycles. The standard InChI is InChI=1S/C27H21FN8O2/c1-15(33-24-17(13-29)14-32-27(30)35-24)25-34-21-8-4-7-20(16-9-10-31-22(11-16)38-2)23(21)26(37)36(25)19-6-3-5-18(28)12-19/h3-12,14-15H,1-2H3,(H3,30,32,33,35)/t15-/m1/s1. The number of rotatable bonds is 6. The zero-order valence-electron chi connectivity index (χ0n) is 20.4. The summed E-state index contributed by atoms with van der Waals surface area (Å²) in [6, 6.07) is 15.9. The first kappa shape index (κ1) is 24.3. The molecule has 0 unspecified atom stereocenters. The molecule has 0 saturated heterocycles. The molecule has 38 heavy (non-hydrogen) atoms. The van der Waals surface area contributed by atoms with Crippen molar-refractivity contribution in [2.45, 2.75) is 13.0 Å². The molecule has 0 amide bonds. The van der Waals surface area contributed by atoms with Crippen molar-refractivity contribution in [2.24, 2.45) is 0 Å². The van der Waals surface area contributed by atoms with Crippen molar-refractivity contribution < 1.29 is 9.13 Å². The quantitative estimate of drug-likeness (QED) is 0.347. The van der Waals surface area contributed by atoms with Crippen molar-refractivity contribution in [3.8, 4) is 28.8 Å². The van der Waals surface area contributed by atoms with Gasteiger partial charge in [-0.05, 0) is 48.4 Å². The Bertz CT molecular complexity index is 1780. The van der Waals surface area contributed by atoms with Crippen LogP contribution in [0.3, 0.4) is 0 Å². The maximum Gasteiger partial charge on any atom is 0.266 e. The molecule has 5 aromatic rings. The van der Waals surface area contributed by atoms with E-state index < -0.39 is 17.4 Å². The summed E-state index contributed by atoms with van der Waals surface area (Å²) in [6.45, 7) is 1.75. The number of nitrogens with one attached hydrogen (secondary N) is 1. The van der Waals surface area contributed by atoms with Gasteiger partial charge in [0.25, 0.3) is 5.56 Å². The van der Waals surface area contributed by atoms with Crippen LogP contribution in [0.4, 0.5) is 16.2 Å². The van der Waals surface area contributed by atoms with Gasteiger partial charge in [0.1, 0.15) is 29.1 Å². The Morgan fingerprint density at radius 1 is 1.13 bits per heavy atom. The first-order chi connectivity index (χ1) is 18.4. The van der Waals surface area contributed by atoms with E-state index in [2.05, 4.69) is 20.3 Å². The van der Waals surface area contributed by atoms with Gasteiger partial charge in [-0.3, -0.25) is 9.36 Å². The molecule has 1 atom stereocenters. The number of nitriles is 1. The molecule has 188 valence electrons. The number of pyridine rings is 1. The normalized spacial score (nSPS) is 11.6. The number of benzene rings is 2. The smallest absolute Gasteiger partial charge is 0.266 e. The highest BCUT2D eigenvalue weighted by atomic mass is 19.1. The highest BCUT2D eigenvalue weighted by molar-refractivity contribution is 5.94. The Balaban J connectivity index is 1.76. The summed E-state index contributed by atoms with van der Waals surface area (Å²) in [6.07, 6.45) is 2.90. The van der Waals surface area contributed by atoms with E-state index >= 15 is 0 Å². The number of aromatic nitrogens is 5. The van der Waals surface area contributed by atoms with Gasteiger partial charge in [0.05, 0.1) is 35.9 Å². The maximum absolute atomic E-state index is 14.3. The number of fused-ring (bicyclic) bond motifs is 1. The number of hydrogen-bond acceptors (Lipinski definition) is 9. The molecule has 0 saturated carbocycles. The summed E-state index contributed by atoms with van der Waals surface area (Å²) in [5.74, 6) is 0.322. The Hall–Kier alpha value is -5.37. The summed E-state index contributed by atoms with van der Waals surface area (Å²) < 4.78 is 20.9. The second-order valence-electron chi connectivity index (χ2n) is 8.35. The second-order valence-corrected chi connectivity index (χ2v) is 8.35. The fraction of sp³-hybridized carbons (Fsp3) is 0.111. The van der Waals surface area contributed by atoms with Gasteiger partial charge in [-0.15, -0.1) is 0 Å². The Morgan fingerprint density at radius 3 is 2.71 bits per heavy atom. The van der Waals surface area contributed by atoms with Crippen LogP contribution in [0.1, 0.15) is 24.4 Å². The maximum atomic E-state index is 14.3. The lowest BCUT2D eigenvalue weighted by Crippen LogP contribution is -2.28. The van der Waals surface area contributed by atoms with Gasteiger partial charge < -0.3 is 15.8 Å². The first-order valence-corrected chi connectivity index (χ1v) is 11.5. The van der Waals surface area contributed by atoms with E-state index in [0.29, 0.717) is 27.9 Å². The highest BCUT2D eigenvalue weighted by Crippen LogP contribution is 2.30. The summed E-state index contributed by atoms with van der Waals surface area (Å²) >= 11 is 0. The third-order valence-corrected chi connectivity index (χ3v) is 5.91. The van der Waals surface area contributed by atoms with Crippen molar-refractivity contribution in [1.82, 2.24) is 24.5 Å². The molecule has 5 rings (SSSR count). The van der Waals surface area contributed by atoms with E-state index in [0.717, 1.165) is 0 Å². The number of nitrogens with two attached hydrogens (primary N) is 1.